The van der Waals surface area contributed by atoms with Gasteiger partial charge in [-0.3, -0.25) is 9.59 Å². The summed E-state index contributed by atoms with van der Waals surface area (Å²) in [5.74, 6) is -0.0689. The van der Waals surface area contributed by atoms with Gasteiger partial charge in [-0.05, 0) is 37.2 Å². The number of rotatable bonds is 5. The molecule has 1 aromatic carbocycles. The molecule has 3 unspecified atom stereocenters. The van der Waals surface area contributed by atoms with E-state index in [1.807, 2.05) is 25.1 Å². The van der Waals surface area contributed by atoms with E-state index in [4.69, 9.17) is 4.74 Å². The van der Waals surface area contributed by atoms with Crippen LogP contribution in [0.2, 0.25) is 0 Å². The zero-order chi connectivity index (χ0) is 16.2. The topological polar surface area (TPSA) is 43.4 Å². The summed E-state index contributed by atoms with van der Waals surface area (Å²) >= 11 is 3.50. The molecule has 3 atom stereocenters. The number of carbonyl (C=O) groups excluding carboxylic acids is 2. The molecule has 0 heterocycles. The van der Waals surface area contributed by atoms with Crippen molar-refractivity contribution in [2.75, 3.05) is 7.11 Å². The summed E-state index contributed by atoms with van der Waals surface area (Å²) in [5.41, 5.74) is 1.27. The van der Waals surface area contributed by atoms with Gasteiger partial charge in [0.15, 0.2) is 0 Å². The standard InChI is InChI=1S/C18H23BrO3/c1-3-18(19,17(21)22-2)15-10-9-14(12-16(15)20)11-13-7-5-4-6-8-13/h4-8,14-15H,3,9-12H2,1-2H3. The predicted molar refractivity (Wildman–Crippen MR) is 89.9 cm³/mol. The molecular weight excluding hydrogens is 344 g/mol. The monoisotopic (exact) mass is 366 g/mol. The Morgan fingerprint density at radius 3 is 2.55 bits per heavy atom. The number of hydrogen-bond donors (Lipinski definition) is 0. The lowest BCUT2D eigenvalue weighted by Gasteiger charge is -2.36. The van der Waals surface area contributed by atoms with Crippen molar-refractivity contribution in [3.8, 4) is 0 Å². The molecule has 0 saturated heterocycles. The van der Waals surface area contributed by atoms with Crippen molar-refractivity contribution >= 4 is 27.7 Å². The first-order valence-corrected chi connectivity index (χ1v) is 8.64. The smallest absolute Gasteiger partial charge is 0.323 e. The molecule has 2 rings (SSSR count). The minimum atomic E-state index is -0.865. The molecule has 22 heavy (non-hydrogen) atoms. The van der Waals surface area contributed by atoms with Gasteiger partial charge in [0.05, 0.1) is 7.11 Å². The van der Waals surface area contributed by atoms with Gasteiger partial charge in [0.2, 0.25) is 0 Å². The third kappa shape index (κ3) is 3.60. The van der Waals surface area contributed by atoms with Crippen LogP contribution >= 0.6 is 15.9 Å². The third-order valence-corrected chi connectivity index (χ3v) is 6.14. The van der Waals surface area contributed by atoms with E-state index in [1.54, 1.807) is 0 Å². The van der Waals surface area contributed by atoms with Gasteiger partial charge < -0.3 is 4.74 Å². The summed E-state index contributed by atoms with van der Waals surface area (Å²) in [5, 5.41) is 0. The molecule has 1 aliphatic rings. The second-order valence-electron chi connectivity index (χ2n) is 6.06. The molecule has 0 aliphatic heterocycles. The molecule has 0 spiro atoms. The zero-order valence-corrected chi connectivity index (χ0v) is 14.8. The molecule has 4 heteroatoms. The van der Waals surface area contributed by atoms with Crippen LogP contribution in [0, 0.1) is 11.8 Å². The van der Waals surface area contributed by atoms with Crippen LogP contribution in [-0.2, 0) is 20.7 Å². The predicted octanol–water partition coefficient (Wildman–Crippen LogP) is 3.93. The lowest BCUT2D eigenvalue weighted by molar-refractivity contribution is -0.148. The highest BCUT2D eigenvalue weighted by molar-refractivity contribution is 9.10. The Hall–Kier alpha value is -1.16. The first kappa shape index (κ1) is 17.2. The van der Waals surface area contributed by atoms with Gasteiger partial charge in [0.25, 0.3) is 0 Å². The van der Waals surface area contributed by atoms with E-state index >= 15 is 0 Å². The van der Waals surface area contributed by atoms with Crippen LogP contribution in [0.15, 0.2) is 30.3 Å². The summed E-state index contributed by atoms with van der Waals surface area (Å²) in [6, 6.07) is 10.3. The Morgan fingerprint density at radius 1 is 1.32 bits per heavy atom. The highest BCUT2D eigenvalue weighted by atomic mass is 79.9. The summed E-state index contributed by atoms with van der Waals surface area (Å²) in [6.45, 7) is 1.91. The number of methoxy groups -OCH3 is 1. The number of halogens is 1. The van der Waals surface area contributed by atoms with Crippen molar-refractivity contribution in [1.82, 2.24) is 0 Å². The van der Waals surface area contributed by atoms with E-state index in [9.17, 15) is 9.59 Å². The van der Waals surface area contributed by atoms with E-state index in [0.29, 0.717) is 18.8 Å². The highest BCUT2D eigenvalue weighted by Crippen LogP contribution is 2.41. The lowest BCUT2D eigenvalue weighted by atomic mass is 9.72. The second-order valence-corrected chi connectivity index (χ2v) is 7.48. The number of alkyl halides is 1. The van der Waals surface area contributed by atoms with Crippen molar-refractivity contribution in [2.24, 2.45) is 11.8 Å². The Kier molecular flexibility index (Phi) is 5.79. The number of carbonyl (C=O) groups is 2. The average Bonchev–Trinajstić information content (AvgIpc) is 2.54. The minimum absolute atomic E-state index is 0.177. The Morgan fingerprint density at radius 2 is 2.00 bits per heavy atom. The van der Waals surface area contributed by atoms with Crippen molar-refractivity contribution in [3.05, 3.63) is 35.9 Å². The van der Waals surface area contributed by atoms with Gasteiger partial charge in [-0.2, -0.15) is 0 Å². The summed E-state index contributed by atoms with van der Waals surface area (Å²) in [6.07, 6.45) is 3.74. The quantitative estimate of drug-likeness (QED) is 0.585. The van der Waals surface area contributed by atoms with Crippen molar-refractivity contribution in [2.45, 2.75) is 43.4 Å². The maximum atomic E-state index is 12.6. The number of ether oxygens (including phenoxy) is 1. The molecule has 0 aromatic heterocycles. The van der Waals surface area contributed by atoms with E-state index in [1.165, 1.54) is 12.7 Å². The molecule has 0 radical (unpaired) electrons. The Bertz CT molecular complexity index is 528. The van der Waals surface area contributed by atoms with Gasteiger partial charge in [-0.15, -0.1) is 0 Å². The van der Waals surface area contributed by atoms with Gasteiger partial charge >= 0.3 is 5.97 Å². The van der Waals surface area contributed by atoms with Crippen LogP contribution in [0.3, 0.4) is 0 Å². The summed E-state index contributed by atoms with van der Waals surface area (Å²) in [7, 11) is 1.37. The largest absolute Gasteiger partial charge is 0.468 e. The van der Waals surface area contributed by atoms with Crippen LogP contribution < -0.4 is 0 Å². The Balaban J connectivity index is 2.03. The second kappa shape index (κ2) is 7.40. The van der Waals surface area contributed by atoms with Crippen molar-refractivity contribution in [1.29, 1.82) is 0 Å². The van der Waals surface area contributed by atoms with Gasteiger partial charge in [-0.1, -0.05) is 53.2 Å². The van der Waals surface area contributed by atoms with Crippen molar-refractivity contribution < 1.29 is 14.3 Å². The minimum Gasteiger partial charge on any atom is -0.468 e. The molecule has 120 valence electrons. The van der Waals surface area contributed by atoms with Crippen LogP contribution in [0.25, 0.3) is 0 Å². The molecule has 0 N–H and O–H groups in total. The third-order valence-electron chi connectivity index (χ3n) is 4.70. The molecular formula is C18H23BrO3. The Labute approximate surface area is 140 Å². The molecule has 0 bridgehead atoms. The van der Waals surface area contributed by atoms with E-state index in [-0.39, 0.29) is 17.7 Å². The molecule has 0 amide bonds. The van der Waals surface area contributed by atoms with Crippen LogP contribution in [0.4, 0.5) is 0 Å². The highest BCUT2D eigenvalue weighted by Gasteiger charge is 2.48. The summed E-state index contributed by atoms with van der Waals surface area (Å²) < 4.78 is 4.03. The maximum absolute atomic E-state index is 12.6. The molecule has 1 saturated carbocycles. The number of ketones is 1. The first-order valence-electron chi connectivity index (χ1n) is 7.85. The molecule has 1 fully saturated rings. The van der Waals surface area contributed by atoms with E-state index < -0.39 is 4.32 Å². The molecule has 1 aliphatic carbocycles. The van der Waals surface area contributed by atoms with E-state index in [2.05, 4.69) is 28.1 Å². The molecule has 3 nitrogen and oxygen atoms in total. The number of esters is 1. The number of hydrogen-bond acceptors (Lipinski definition) is 3. The fourth-order valence-electron chi connectivity index (χ4n) is 3.40. The SMILES string of the molecule is CCC(Br)(C(=O)OC)C1CCC(Cc2ccccc2)CC1=O. The normalized spacial score (nSPS) is 24.6. The fraction of sp³-hybridized carbons (Fsp3) is 0.556. The van der Waals surface area contributed by atoms with Crippen molar-refractivity contribution in [3.63, 3.8) is 0 Å². The zero-order valence-electron chi connectivity index (χ0n) is 13.2. The van der Waals surface area contributed by atoms with Crippen LogP contribution in [0.5, 0.6) is 0 Å². The average molecular weight is 367 g/mol. The lowest BCUT2D eigenvalue weighted by Crippen LogP contribution is -2.46. The van der Waals surface area contributed by atoms with E-state index in [0.717, 1.165) is 19.3 Å². The van der Waals surface area contributed by atoms with Gasteiger partial charge in [-0.25, -0.2) is 0 Å². The number of Topliss-reactive ketones (excluding diaryl/α,β-unsaturated/α-hetero) is 1. The van der Waals surface area contributed by atoms with Gasteiger partial charge in [0.1, 0.15) is 10.1 Å². The first-order chi connectivity index (χ1) is 10.5. The maximum Gasteiger partial charge on any atom is 0.323 e. The van der Waals surface area contributed by atoms with Crippen LogP contribution in [0.1, 0.15) is 38.2 Å². The summed E-state index contributed by atoms with van der Waals surface area (Å²) in [4.78, 5) is 24.6. The fourth-order valence-corrected chi connectivity index (χ4v) is 4.05. The number of benzene rings is 1. The van der Waals surface area contributed by atoms with Gasteiger partial charge in [0, 0.05) is 12.3 Å². The molecule has 1 aromatic rings. The van der Waals surface area contributed by atoms with Crippen LogP contribution in [-0.4, -0.2) is 23.2 Å².